The number of nitrogens with one attached hydrogen (secondary N) is 1. The molecule has 0 atom stereocenters. The maximum Gasteiger partial charge on any atom is 0.179 e. The Morgan fingerprint density at radius 2 is 2.11 bits per heavy atom. The lowest BCUT2D eigenvalue weighted by atomic mass is 10.2. The van der Waals surface area contributed by atoms with E-state index < -0.39 is 0 Å². The van der Waals surface area contributed by atoms with Gasteiger partial charge in [0.1, 0.15) is 0 Å². The first-order chi connectivity index (χ1) is 9.22. The van der Waals surface area contributed by atoms with Crippen molar-refractivity contribution in [1.82, 2.24) is 5.32 Å². The van der Waals surface area contributed by atoms with E-state index in [-0.39, 0.29) is 0 Å². The van der Waals surface area contributed by atoms with Gasteiger partial charge < -0.3 is 14.8 Å². The van der Waals surface area contributed by atoms with Crippen molar-refractivity contribution in [3.63, 3.8) is 0 Å². The van der Waals surface area contributed by atoms with Crippen LogP contribution in [0.3, 0.4) is 0 Å². The first-order valence-corrected chi connectivity index (χ1v) is 8.03. The van der Waals surface area contributed by atoms with Crippen LogP contribution in [0.15, 0.2) is 12.1 Å². The zero-order chi connectivity index (χ0) is 14.1. The highest BCUT2D eigenvalue weighted by Crippen LogP contribution is 2.36. The lowest BCUT2D eigenvalue weighted by Crippen LogP contribution is -2.12. The first-order valence-electron chi connectivity index (χ1n) is 6.50. The van der Waals surface area contributed by atoms with Crippen LogP contribution in [0.4, 0.5) is 0 Å². The van der Waals surface area contributed by atoms with Crippen molar-refractivity contribution in [3.8, 4) is 11.5 Å². The molecule has 1 N–H and O–H groups in total. The van der Waals surface area contributed by atoms with Gasteiger partial charge >= 0.3 is 0 Å². The maximum atomic E-state index is 6.27. The fourth-order valence-electron chi connectivity index (χ4n) is 1.63. The number of halogens is 1. The van der Waals surface area contributed by atoms with Crippen molar-refractivity contribution >= 4 is 23.4 Å². The van der Waals surface area contributed by atoms with Crippen LogP contribution in [0.5, 0.6) is 11.5 Å². The van der Waals surface area contributed by atoms with E-state index in [9.17, 15) is 0 Å². The Labute approximate surface area is 125 Å². The third-order valence-corrected chi connectivity index (χ3v) is 3.69. The van der Waals surface area contributed by atoms with Crippen molar-refractivity contribution in [1.29, 1.82) is 0 Å². The SMILES string of the molecule is CCNCc1cc(Cl)c(OCCSCC)c(OC)c1. The Morgan fingerprint density at radius 3 is 2.74 bits per heavy atom. The molecule has 0 heterocycles. The molecule has 0 aliphatic heterocycles. The number of rotatable bonds is 9. The van der Waals surface area contributed by atoms with Crippen LogP contribution in [-0.4, -0.2) is 31.8 Å². The van der Waals surface area contributed by atoms with Crippen LogP contribution in [0, 0.1) is 0 Å². The molecule has 0 bridgehead atoms. The van der Waals surface area contributed by atoms with Gasteiger partial charge in [0.15, 0.2) is 11.5 Å². The first kappa shape index (κ1) is 16.5. The molecule has 3 nitrogen and oxygen atoms in total. The molecular formula is C14H22ClNO2S. The Bertz CT molecular complexity index is 388. The highest BCUT2D eigenvalue weighted by Gasteiger charge is 2.11. The van der Waals surface area contributed by atoms with Gasteiger partial charge in [-0.05, 0) is 30.0 Å². The summed E-state index contributed by atoms with van der Waals surface area (Å²) in [5, 5.41) is 3.87. The predicted octanol–water partition coefficient (Wildman–Crippen LogP) is 3.59. The van der Waals surface area contributed by atoms with Gasteiger partial charge in [-0.3, -0.25) is 0 Å². The fraction of sp³-hybridized carbons (Fsp3) is 0.571. The molecule has 0 saturated carbocycles. The van der Waals surface area contributed by atoms with Gasteiger partial charge in [-0.1, -0.05) is 25.4 Å². The minimum absolute atomic E-state index is 0.605. The second kappa shape index (κ2) is 9.34. The van der Waals surface area contributed by atoms with E-state index >= 15 is 0 Å². The fourth-order valence-corrected chi connectivity index (χ4v) is 2.41. The second-order valence-corrected chi connectivity index (χ2v) is 5.74. The number of ether oxygens (including phenoxy) is 2. The zero-order valence-corrected chi connectivity index (χ0v) is 13.4. The quantitative estimate of drug-likeness (QED) is 0.706. The maximum absolute atomic E-state index is 6.27. The molecule has 0 amide bonds. The highest BCUT2D eigenvalue weighted by molar-refractivity contribution is 7.99. The van der Waals surface area contributed by atoms with Gasteiger partial charge in [0, 0.05) is 12.3 Å². The van der Waals surface area contributed by atoms with Gasteiger partial charge in [0.05, 0.1) is 18.7 Å². The summed E-state index contributed by atoms with van der Waals surface area (Å²) in [5.41, 5.74) is 1.10. The molecule has 0 unspecified atom stereocenters. The van der Waals surface area contributed by atoms with Gasteiger partial charge in [0.2, 0.25) is 0 Å². The molecule has 1 rings (SSSR count). The second-order valence-electron chi connectivity index (χ2n) is 3.93. The third-order valence-electron chi connectivity index (χ3n) is 2.55. The molecule has 0 aromatic heterocycles. The molecule has 0 aliphatic rings. The topological polar surface area (TPSA) is 30.5 Å². The van der Waals surface area contributed by atoms with E-state index in [2.05, 4.69) is 19.2 Å². The summed E-state index contributed by atoms with van der Waals surface area (Å²) in [5.74, 6) is 3.38. The van der Waals surface area contributed by atoms with Crippen molar-refractivity contribution in [2.24, 2.45) is 0 Å². The molecule has 0 radical (unpaired) electrons. The van der Waals surface area contributed by atoms with Crippen LogP contribution < -0.4 is 14.8 Å². The summed E-state index contributed by atoms with van der Waals surface area (Å²) in [4.78, 5) is 0. The van der Waals surface area contributed by atoms with Crippen LogP contribution in [0.2, 0.25) is 5.02 Å². The molecule has 0 spiro atoms. The third kappa shape index (κ3) is 5.51. The molecule has 1 aromatic rings. The lowest BCUT2D eigenvalue weighted by Gasteiger charge is -2.14. The number of hydrogen-bond acceptors (Lipinski definition) is 4. The summed E-state index contributed by atoms with van der Waals surface area (Å²) >= 11 is 8.11. The van der Waals surface area contributed by atoms with Gasteiger partial charge in [-0.25, -0.2) is 0 Å². The number of benzene rings is 1. The van der Waals surface area contributed by atoms with Gasteiger partial charge in [-0.15, -0.1) is 0 Å². The molecule has 0 aliphatic carbocycles. The molecule has 108 valence electrons. The summed E-state index contributed by atoms with van der Waals surface area (Å²) in [6.07, 6.45) is 0. The van der Waals surface area contributed by atoms with E-state index in [1.54, 1.807) is 7.11 Å². The summed E-state index contributed by atoms with van der Waals surface area (Å²) in [6, 6.07) is 3.89. The minimum Gasteiger partial charge on any atom is -0.493 e. The minimum atomic E-state index is 0.605. The molecule has 0 fully saturated rings. The van der Waals surface area contributed by atoms with E-state index in [1.807, 2.05) is 23.9 Å². The number of thioether (sulfide) groups is 1. The van der Waals surface area contributed by atoms with Gasteiger partial charge in [0.25, 0.3) is 0 Å². The van der Waals surface area contributed by atoms with Crippen LogP contribution in [0.25, 0.3) is 0 Å². The predicted molar refractivity (Wildman–Crippen MR) is 83.9 cm³/mol. The smallest absolute Gasteiger partial charge is 0.179 e. The van der Waals surface area contributed by atoms with Crippen LogP contribution in [-0.2, 0) is 6.54 Å². The Balaban J connectivity index is 2.73. The van der Waals surface area contributed by atoms with Crippen LogP contribution in [0.1, 0.15) is 19.4 Å². The van der Waals surface area contributed by atoms with E-state index in [1.165, 1.54) is 0 Å². The summed E-state index contributed by atoms with van der Waals surface area (Å²) in [7, 11) is 1.64. The summed E-state index contributed by atoms with van der Waals surface area (Å²) in [6.45, 7) is 6.54. The van der Waals surface area contributed by atoms with Gasteiger partial charge in [-0.2, -0.15) is 11.8 Å². The highest BCUT2D eigenvalue weighted by atomic mass is 35.5. The normalized spacial score (nSPS) is 10.5. The largest absolute Gasteiger partial charge is 0.493 e. The van der Waals surface area contributed by atoms with Crippen molar-refractivity contribution in [2.75, 3.05) is 31.8 Å². The standard InChI is InChI=1S/C14H22ClNO2S/c1-4-16-10-11-8-12(15)14(13(9-11)17-3)18-6-7-19-5-2/h8-9,16H,4-7,10H2,1-3H3. The van der Waals surface area contributed by atoms with Crippen LogP contribution >= 0.6 is 23.4 Å². The number of hydrogen-bond donors (Lipinski definition) is 1. The average molecular weight is 304 g/mol. The van der Waals surface area contributed by atoms with Crippen molar-refractivity contribution in [3.05, 3.63) is 22.7 Å². The zero-order valence-electron chi connectivity index (χ0n) is 11.8. The van der Waals surface area contributed by atoms with E-state index in [0.717, 1.165) is 30.2 Å². The lowest BCUT2D eigenvalue weighted by molar-refractivity contribution is 0.313. The molecule has 1 aromatic carbocycles. The van der Waals surface area contributed by atoms with E-state index in [0.29, 0.717) is 23.1 Å². The monoisotopic (exact) mass is 303 g/mol. The molecule has 5 heteroatoms. The Morgan fingerprint density at radius 1 is 1.32 bits per heavy atom. The average Bonchev–Trinajstić information content (AvgIpc) is 2.42. The molecule has 0 saturated heterocycles. The van der Waals surface area contributed by atoms with E-state index in [4.69, 9.17) is 21.1 Å². The Hall–Kier alpha value is -0.580. The number of methoxy groups -OCH3 is 1. The Kier molecular flexibility index (Phi) is 8.10. The summed E-state index contributed by atoms with van der Waals surface area (Å²) < 4.78 is 11.1. The van der Waals surface area contributed by atoms with Crippen molar-refractivity contribution in [2.45, 2.75) is 20.4 Å². The molecule has 19 heavy (non-hydrogen) atoms. The van der Waals surface area contributed by atoms with Crippen molar-refractivity contribution < 1.29 is 9.47 Å². The molecular weight excluding hydrogens is 282 g/mol.